The van der Waals surface area contributed by atoms with Crippen molar-refractivity contribution in [2.45, 2.75) is 18.8 Å². The average Bonchev–Trinajstić information content (AvgIpc) is 2.99. The molecular formula is C10H8N4O. The van der Waals surface area contributed by atoms with Crippen molar-refractivity contribution in [1.82, 2.24) is 10.1 Å². The van der Waals surface area contributed by atoms with Gasteiger partial charge in [0.25, 0.3) is 5.71 Å². The van der Waals surface area contributed by atoms with Gasteiger partial charge in [-0.05, 0) is 12.8 Å². The summed E-state index contributed by atoms with van der Waals surface area (Å²) < 4.78 is 5.08. The van der Waals surface area contributed by atoms with Gasteiger partial charge in [0.15, 0.2) is 0 Å². The van der Waals surface area contributed by atoms with Crippen LogP contribution in [0.5, 0.6) is 0 Å². The number of hydrogen-bond donors (Lipinski definition) is 1. The van der Waals surface area contributed by atoms with E-state index >= 15 is 0 Å². The third kappa shape index (κ3) is 1.08. The van der Waals surface area contributed by atoms with Gasteiger partial charge in [0.2, 0.25) is 0 Å². The van der Waals surface area contributed by atoms with Crippen LogP contribution in [0, 0.1) is 11.3 Å². The Balaban J connectivity index is 2.35. The van der Waals surface area contributed by atoms with E-state index in [9.17, 15) is 0 Å². The molecule has 1 fully saturated rings. The molecule has 15 heavy (non-hydrogen) atoms. The molecular weight excluding hydrogens is 192 g/mol. The molecule has 3 rings (SSSR count). The summed E-state index contributed by atoms with van der Waals surface area (Å²) in [5.74, 6) is 0.435. The minimum absolute atomic E-state index is 0.382. The predicted molar refractivity (Wildman–Crippen MR) is 52.9 cm³/mol. The SMILES string of the molecule is N#Cc1cnc2onc(C3CC3)c2c1N. The van der Waals surface area contributed by atoms with Crippen LogP contribution >= 0.6 is 0 Å². The predicted octanol–water partition coefficient (Wildman–Crippen LogP) is 1.55. The van der Waals surface area contributed by atoms with E-state index < -0.39 is 0 Å². The maximum Gasteiger partial charge on any atom is 0.260 e. The van der Waals surface area contributed by atoms with Crippen LogP contribution in [0.1, 0.15) is 30.0 Å². The molecule has 2 aromatic heterocycles. The fourth-order valence-electron chi connectivity index (χ4n) is 1.69. The zero-order valence-corrected chi connectivity index (χ0v) is 7.90. The number of rotatable bonds is 1. The van der Waals surface area contributed by atoms with Crippen LogP contribution in [0.15, 0.2) is 10.7 Å². The average molecular weight is 200 g/mol. The lowest BCUT2D eigenvalue weighted by atomic mass is 10.1. The van der Waals surface area contributed by atoms with Crippen molar-refractivity contribution in [1.29, 1.82) is 5.26 Å². The van der Waals surface area contributed by atoms with E-state index in [4.69, 9.17) is 15.5 Å². The number of fused-ring (bicyclic) bond motifs is 1. The first-order valence-corrected chi connectivity index (χ1v) is 4.75. The van der Waals surface area contributed by atoms with Crippen LogP contribution in [0.2, 0.25) is 0 Å². The number of aromatic nitrogens is 2. The summed E-state index contributed by atoms with van der Waals surface area (Å²) in [4.78, 5) is 4.01. The summed E-state index contributed by atoms with van der Waals surface area (Å²) in [5.41, 5.74) is 7.97. The van der Waals surface area contributed by atoms with Gasteiger partial charge in [0, 0.05) is 5.92 Å². The Labute approximate surface area is 85.5 Å². The number of pyridine rings is 1. The zero-order valence-electron chi connectivity index (χ0n) is 7.90. The van der Waals surface area contributed by atoms with E-state index in [-0.39, 0.29) is 0 Å². The molecule has 5 heteroatoms. The fraction of sp³-hybridized carbons (Fsp3) is 0.300. The molecule has 0 atom stereocenters. The highest BCUT2D eigenvalue weighted by atomic mass is 16.5. The first kappa shape index (κ1) is 8.24. The highest BCUT2D eigenvalue weighted by Crippen LogP contribution is 2.43. The summed E-state index contributed by atoms with van der Waals surface area (Å²) >= 11 is 0. The van der Waals surface area contributed by atoms with E-state index in [0.29, 0.717) is 22.9 Å². The molecule has 1 aliphatic carbocycles. The van der Waals surface area contributed by atoms with Gasteiger partial charge in [-0.25, -0.2) is 4.98 Å². The third-order valence-electron chi connectivity index (χ3n) is 2.66. The number of nitriles is 1. The van der Waals surface area contributed by atoms with Gasteiger partial charge in [0.1, 0.15) is 6.07 Å². The van der Waals surface area contributed by atoms with E-state index in [2.05, 4.69) is 10.1 Å². The highest BCUT2D eigenvalue weighted by molar-refractivity contribution is 5.92. The first-order valence-electron chi connectivity index (χ1n) is 4.75. The van der Waals surface area contributed by atoms with Gasteiger partial charge in [-0.2, -0.15) is 5.26 Å². The molecule has 0 radical (unpaired) electrons. The summed E-state index contributed by atoms with van der Waals surface area (Å²) in [6.07, 6.45) is 3.63. The van der Waals surface area contributed by atoms with Crippen LogP contribution in [0.25, 0.3) is 11.1 Å². The van der Waals surface area contributed by atoms with Crippen molar-refractivity contribution in [2.24, 2.45) is 0 Å². The Kier molecular flexibility index (Phi) is 1.48. The number of nitrogen functional groups attached to an aromatic ring is 1. The third-order valence-corrected chi connectivity index (χ3v) is 2.66. The summed E-state index contributed by atoms with van der Waals surface area (Å²) in [6.45, 7) is 0. The highest BCUT2D eigenvalue weighted by Gasteiger charge is 2.30. The molecule has 0 aromatic carbocycles. The second kappa shape index (κ2) is 2.70. The van der Waals surface area contributed by atoms with Crippen molar-refractivity contribution < 1.29 is 4.52 Å². The smallest absolute Gasteiger partial charge is 0.260 e. The Morgan fingerprint density at radius 3 is 3.00 bits per heavy atom. The van der Waals surface area contributed by atoms with Crippen LogP contribution in [-0.4, -0.2) is 10.1 Å². The van der Waals surface area contributed by atoms with Crippen LogP contribution in [0.4, 0.5) is 5.69 Å². The summed E-state index contributed by atoms with van der Waals surface area (Å²) in [7, 11) is 0. The standard InChI is InChI=1S/C10H8N4O/c11-3-6-4-13-10-7(8(6)12)9(14-15-10)5-1-2-5/h4-5H,1-2H2,(H2,12,13). The van der Waals surface area contributed by atoms with E-state index in [1.54, 1.807) is 0 Å². The summed E-state index contributed by atoms with van der Waals surface area (Å²) in [5, 5.41) is 13.5. The van der Waals surface area contributed by atoms with Crippen LogP contribution in [0.3, 0.4) is 0 Å². The Morgan fingerprint density at radius 1 is 1.53 bits per heavy atom. The number of hydrogen-bond acceptors (Lipinski definition) is 5. The molecule has 1 aliphatic rings. The molecule has 5 nitrogen and oxygen atoms in total. The van der Waals surface area contributed by atoms with Crippen molar-refractivity contribution in [2.75, 3.05) is 5.73 Å². The normalized spacial score (nSPS) is 15.4. The summed E-state index contributed by atoms with van der Waals surface area (Å²) in [6, 6.07) is 2.01. The maximum absolute atomic E-state index is 8.84. The van der Waals surface area contributed by atoms with Gasteiger partial charge in [-0.1, -0.05) is 5.16 Å². The molecule has 0 bridgehead atoms. The Morgan fingerprint density at radius 2 is 2.33 bits per heavy atom. The van der Waals surface area contributed by atoms with E-state index in [1.807, 2.05) is 6.07 Å². The minimum atomic E-state index is 0.382. The van der Waals surface area contributed by atoms with Gasteiger partial charge < -0.3 is 10.3 Å². The van der Waals surface area contributed by atoms with Crippen molar-refractivity contribution >= 4 is 16.8 Å². The quantitative estimate of drug-likeness (QED) is 0.754. The molecule has 74 valence electrons. The molecule has 0 spiro atoms. The largest absolute Gasteiger partial charge is 0.397 e. The molecule has 0 aliphatic heterocycles. The second-order valence-corrected chi connectivity index (χ2v) is 3.72. The van der Waals surface area contributed by atoms with Gasteiger partial charge in [0.05, 0.1) is 28.5 Å². The molecule has 1 saturated carbocycles. The lowest BCUT2D eigenvalue weighted by Crippen LogP contribution is -1.94. The number of nitrogens with zero attached hydrogens (tertiary/aromatic N) is 3. The first-order chi connectivity index (χ1) is 7.31. The molecule has 0 amide bonds. The molecule has 0 saturated heterocycles. The zero-order chi connectivity index (χ0) is 10.4. The molecule has 2 N–H and O–H groups in total. The topological polar surface area (TPSA) is 88.7 Å². The van der Waals surface area contributed by atoms with Gasteiger partial charge >= 0.3 is 0 Å². The molecule has 0 unspecified atom stereocenters. The number of nitrogens with two attached hydrogens (primary N) is 1. The maximum atomic E-state index is 8.84. The lowest BCUT2D eigenvalue weighted by molar-refractivity contribution is 0.439. The van der Waals surface area contributed by atoms with Gasteiger partial charge in [-0.15, -0.1) is 0 Å². The Hall–Kier alpha value is -2.09. The lowest BCUT2D eigenvalue weighted by Gasteiger charge is -1.97. The number of anilines is 1. The Bertz CT molecular complexity index is 577. The minimum Gasteiger partial charge on any atom is -0.397 e. The second-order valence-electron chi connectivity index (χ2n) is 3.72. The van der Waals surface area contributed by atoms with Crippen molar-refractivity contribution in [3.63, 3.8) is 0 Å². The fourth-order valence-corrected chi connectivity index (χ4v) is 1.69. The monoisotopic (exact) mass is 200 g/mol. The van der Waals surface area contributed by atoms with Crippen molar-refractivity contribution in [3.8, 4) is 6.07 Å². The molecule has 2 aromatic rings. The van der Waals surface area contributed by atoms with Crippen molar-refractivity contribution in [3.05, 3.63) is 17.5 Å². The van der Waals surface area contributed by atoms with Crippen LogP contribution in [-0.2, 0) is 0 Å². The van der Waals surface area contributed by atoms with E-state index in [1.165, 1.54) is 6.20 Å². The van der Waals surface area contributed by atoms with Gasteiger partial charge in [-0.3, -0.25) is 0 Å². The van der Waals surface area contributed by atoms with E-state index in [0.717, 1.165) is 23.9 Å². The molecule has 2 heterocycles. The van der Waals surface area contributed by atoms with Crippen LogP contribution < -0.4 is 5.73 Å².